The van der Waals surface area contributed by atoms with Crippen LogP contribution in [0.2, 0.25) is 0 Å². The highest BCUT2D eigenvalue weighted by Gasteiger charge is 2.25. The van der Waals surface area contributed by atoms with Gasteiger partial charge in [-0.05, 0) is 24.5 Å². The highest BCUT2D eigenvalue weighted by atomic mass is 19.1. The number of allylic oxidation sites excluding steroid dienone is 5. The van der Waals surface area contributed by atoms with Crippen molar-refractivity contribution in [2.75, 3.05) is 6.54 Å². The van der Waals surface area contributed by atoms with Crippen LogP contribution in [0.3, 0.4) is 0 Å². The number of rotatable bonds is 5. The molecular weight excluding hydrogens is 321 g/mol. The number of amides is 1. The molecule has 0 aromatic carbocycles. The van der Waals surface area contributed by atoms with Crippen molar-refractivity contribution in [3.8, 4) is 0 Å². The summed E-state index contributed by atoms with van der Waals surface area (Å²) in [4.78, 5) is 14.3. The minimum atomic E-state index is -0.401. The first kappa shape index (κ1) is 17.5. The van der Waals surface area contributed by atoms with E-state index in [1.165, 1.54) is 6.08 Å². The summed E-state index contributed by atoms with van der Waals surface area (Å²) in [7, 11) is 0. The fourth-order valence-corrected chi connectivity index (χ4v) is 3.23. The third kappa shape index (κ3) is 4.04. The zero-order valence-electron chi connectivity index (χ0n) is 14.5. The molecule has 134 valence electrons. The van der Waals surface area contributed by atoms with Crippen molar-refractivity contribution in [3.05, 3.63) is 47.4 Å². The molecule has 2 heterocycles. The van der Waals surface area contributed by atoms with Gasteiger partial charge < -0.3 is 15.2 Å². The minimum absolute atomic E-state index is 0.0171. The molecule has 0 fully saturated rings. The number of aryl methyl sites for hydroxylation is 1. The summed E-state index contributed by atoms with van der Waals surface area (Å²) in [5.74, 6) is 1.48. The lowest BCUT2D eigenvalue weighted by molar-refractivity contribution is -0.133. The predicted molar refractivity (Wildman–Crippen MR) is 93.1 cm³/mol. The number of nitrogens with two attached hydrogens (primary N) is 1. The van der Waals surface area contributed by atoms with Crippen LogP contribution in [-0.4, -0.2) is 38.2 Å². The van der Waals surface area contributed by atoms with Crippen molar-refractivity contribution in [2.45, 2.75) is 51.7 Å². The fraction of sp³-hybridized carbons (Fsp3) is 0.500. The quantitative estimate of drug-likeness (QED) is 0.886. The molecule has 1 aliphatic carbocycles. The second kappa shape index (κ2) is 7.74. The SMILES string of the molecule is CCc1nnc2n1CCN(C(=O)C[C@H](N)CC1=CCC=CC=C1F)C2. The Bertz CT molecular complexity index is 734. The van der Waals surface area contributed by atoms with Gasteiger partial charge in [0.05, 0.1) is 6.54 Å². The summed E-state index contributed by atoms with van der Waals surface area (Å²) in [6.07, 6.45) is 8.93. The van der Waals surface area contributed by atoms with Crippen molar-refractivity contribution in [1.29, 1.82) is 0 Å². The van der Waals surface area contributed by atoms with Gasteiger partial charge in [-0.1, -0.05) is 25.2 Å². The summed E-state index contributed by atoms with van der Waals surface area (Å²) in [5.41, 5.74) is 6.69. The predicted octanol–water partition coefficient (Wildman–Crippen LogP) is 2.03. The Morgan fingerprint density at radius 1 is 1.40 bits per heavy atom. The molecular formula is C18H24FN5O. The van der Waals surface area contributed by atoms with Crippen molar-refractivity contribution < 1.29 is 9.18 Å². The molecule has 1 atom stereocenters. The summed E-state index contributed by atoms with van der Waals surface area (Å²) in [6.45, 7) is 3.84. The molecule has 1 aromatic rings. The van der Waals surface area contributed by atoms with Crippen LogP contribution in [0.25, 0.3) is 0 Å². The minimum Gasteiger partial charge on any atom is -0.333 e. The van der Waals surface area contributed by atoms with E-state index in [-0.39, 0.29) is 18.2 Å². The first-order valence-corrected chi connectivity index (χ1v) is 8.74. The molecule has 7 heteroatoms. The van der Waals surface area contributed by atoms with E-state index in [1.54, 1.807) is 11.0 Å². The van der Waals surface area contributed by atoms with E-state index in [0.717, 1.165) is 18.1 Å². The molecule has 6 nitrogen and oxygen atoms in total. The molecule has 1 aromatic heterocycles. The summed E-state index contributed by atoms with van der Waals surface area (Å²) in [6, 6.07) is -0.401. The Hall–Kier alpha value is -2.28. The summed E-state index contributed by atoms with van der Waals surface area (Å²) in [5, 5.41) is 8.32. The van der Waals surface area contributed by atoms with Crippen LogP contribution in [-0.2, 0) is 24.3 Å². The highest BCUT2D eigenvalue weighted by Crippen LogP contribution is 2.22. The lowest BCUT2D eigenvalue weighted by Crippen LogP contribution is -2.41. The van der Waals surface area contributed by atoms with Gasteiger partial charge in [0.15, 0.2) is 5.82 Å². The highest BCUT2D eigenvalue weighted by molar-refractivity contribution is 5.77. The lowest BCUT2D eigenvalue weighted by atomic mass is 10.0. The Morgan fingerprint density at radius 2 is 2.24 bits per heavy atom. The number of halogens is 1. The Balaban J connectivity index is 1.56. The van der Waals surface area contributed by atoms with Gasteiger partial charge in [-0.2, -0.15) is 0 Å². The molecule has 0 spiro atoms. The van der Waals surface area contributed by atoms with Gasteiger partial charge in [-0.3, -0.25) is 4.79 Å². The number of carbonyl (C=O) groups is 1. The van der Waals surface area contributed by atoms with Gasteiger partial charge in [0.2, 0.25) is 5.91 Å². The van der Waals surface area contributed by atoms with E-state index >= 15 is 0 Å². The molecule has 3 rings (SSSR count). The van der Waals surface area contributed by atoms with Crippen molar-refractivity contribution >= 4 is 5.91 Å². The molecule has 1 aliphatic heterocycles. The maximum Gasteiger partial charge on any atom is 0.224 e. The van der Waals surface area contributed by atoms with Crippen molar-refractivity contribution in [2.24, 2.45) is 5.73 Å². The van der Waals surface area contributed by atoms with Gasteiger partial charge in [-0.25, -0.2) is 4.39 Å². The summed E-state index contributed by atoms with van der Waals surface area (Å²) >= 11 is 0. The second-order valence-corrected chi connectivity index (χ2v) is 6.43. The smallest absolute Gasteiger partial charge is 0.224 e. The molecule has 2 N–H and O–H groups in total. The van der Waals surface area contributed by atoms with Gasteiger partial charge in [-0.15, -0.1) is 10.2 Å². The maximum atomic E-state index is 13.9. The van der Waals surface area contributed by atoms with Gasteiger partial charge in [0, 0.05) is 32.0 Å². The van der Waals surface area contributed by atoms with Gasteiger partial charge >= 0.3 is 0 Å². The lowest BCUT2D eigenvalue weighted by Gasteiger charge is -2.28. The molecule has 0 unspecified atom stereocenters. The zero-order valence-corrected chi connectivity index (χ0v) is 14.5. The number of hydrogen-bond donors (Lipinski definition) is 1. The fourth-order valence-electron chi connectivity index (χ4n) is 3.23. The van der Waals surface area contributed by atoms with Gasteiger partial charge in [0.1, 0.15) is 11.7 Å². The zero-order chi connectivity index (χ0) is 17.8. The standard InChI is InChI=1S/C18H24FN5O/c1-2-16-21-22-17-12-23(8-9-24(16)17)18(25)11-14(20)10-13-6-4-3-5-7-15(13)19/h3,5-7,14H,2,4,8-12,20H2,1H3/t14-/m1/s1. The van der Waals surface area contributed by atoms with Crippen LogP contribution in [0.5, 0.6) is 0 Å². The average molecular weight is 345 g/mol. The van der Waals surface area contributed by atoms with Crippen LogP contribution in [0, 0.1) is 0 Å². The molecule has 0 saturated heterocycles. The van der Waals surface area contributed by atoms with E-state index in [1.807, 2.05) is 19.1 Å². The number of aromatic nitrogens is 3. The van der Waals surface area contributed by atoms with Crippen LogP contribution in [0.1, 0.15) is 37.8 Å². The van der Waals surface area contributed by atoms with Crippen LogP contribution >= 0.6 is 0 Å². The first-order chi connectivity index (χ1) is 12.1. The third-order valence-electron chi connectivity index (χ3n) is 4.60. The van der Waals surface area contributed by atoms with Crippen LogP contribution < -0.4 is 5.73 Å². The van der Waals surface area contributed by atoms with Crippen molar-refractivity contribution in [3.63, 3.8) is 0 Å². The van der Waals surface area contributed by atoms with E-state index < -0.39 is 6.04 Å². The molecule has 1 amide bonds. The van der Waals surface area contributed by atoms with Gasteiger partial charge in [0.25, 0.3) is 0 Å². The van der Waals surface area contributed by atoms with E-state index in [9.17, 15) is 9.18 Å². The van der Waals surface area contributed by atoms with Crippen LogP contribution in [0.15, 0.2) is 35.7 Å². The molecule has 0 saturated carbocycles. The number of carbonyl (C=O) groups excluding carboxylic acids is 1. The normalized spacial score (nSPS) is 18.3. The first-order valence-electron chi connectivity index (χ1n) is 8.74. The molecule has 0 bridgehead atoms. The van der Waals surface area contributed by atoms with Crippen molar-refractivity contribution in [1.82, 2.24) is 19.7 Å². The van der Waals surface area contributed by atoms with E-state index in [0.29, 0.717) is 38.0 Å². The summed E-state index contributed by atoms with van der Waals surface area (Å²) < 4.78 is 16.0. The molecule has 2 aliphatic rings. The molecule has 25 heavy (non-hydrogen) atoms. The topological polar surface area (TPSA) is 77.0 Å². The number of nitrogens with zero attached hydrogens (tertiary/aromatic N) is 4. The Labute approximate surface area is 146 Å². The Morgan fingerprint density at radius 3 is 3.04 bits per heavy atom. The van der Waals surface area contributed by atoms with E-state index in [2.05, 4.69) is 14.8 Å². The van der Waals surface area contributed by atoms with E-state index in [4.69, 9.17) is 5.73 Å². The third-order valence-corrected chi connectivity index (χ3v) is 4.60. The monoisotopic (exact) mass is 345 g/mol. The largest absolute Gasteiger partial charge is 0.333 e. The average Bonchev–Trinajstić information content (AvgIpc) is 2.91. The molecule has 0 radical (unpaired) electrons. The number of hydrogen-bond acceptors (Lipinski definition) is 4. The second-order valence-electron chi connectivity index (χ2n) is 6.43. The maximum absolute atomic E-state index is 13.9. The Kier molecular flexibility index (Phi) is 5.43. The number of fused-ring (bicyclic) bond motifs is 1. The van der Waals surface area contributed by atoms with Crippen LogP contribution in [0.4, 0.5) is 4.39 Å².